The first-order valence-corrected chi connectivity index (χ1v) is 7.53. The summed E-state index contributed by atoms with van der Waals surface area (Å²) in [4.78, 5) is 5.50. The first kappa shape index (κ1) is 11.7. The van der Waals surface area contributed by atoms with E-state index in [2.05, 4.69) is 31.1 Å². The van der Waals surface area contributed by atoms with Crippen molar-refractivity contribution < 1.29 is 0 Å². The molecule has 2 aliphatic rings. The topological polar surface area (TPSA) is 24.9 Å². The van der Waals surface area contributed by atoms with Crippen molar-refractivity contribution in [3.05, 3.63) is 16.6 Å². The van der Waals surface area contributed by atoms with Gasteiger partial charge in [0.1, 0.15) is 0 Å². The van der Waals surface area contributed by atoms with Gasteiger partial charge in [-0.25, -0.2) is 0 Å². The van der Waals surface area contributed by atoms with Crippen molar-refractivity contribution in [1.82, 2.24) is 10.3 Å². The average Bonchev–Trinajstić information content (AvgIpc) is 2.91. The molecule has 2 fully saturated rings. The third-order valence-electron chi connectivity index (χ3n) is 5.80. The summed E-state index contributed by atoms with van der Waals surface area (Å²) in [5, 5.41) is 3.78. The third-order valence-corrected chi connectivity index (χ3v) is 6.58. The highest BCUT2D eigenvalue weighted by Gasteiger charge is 2.60. The fourth-order valence-electron chi connectivity index (χ4n) is 4.07. The Hall–Kier alpha value is -0.410. The molecule has 3 heteroatoms. The van der Waals surface area contributed by atoms with Crippen molar-refractivity contribution in [2.24, 2.45) is 16.7 Å². The van der Waals surface area contributed by atoms with Gasteiger partial charge in [-0.15, -0.1) is 11.3 Å². The highest BCUT2D eigenvalue weighted by Crippen LogP contribution is 2.65. The average molecular weight is 250 g/mol. The van der Waals surface area contributed by atoms with Crippen molar-refractivity contribution >= 4 is 11.3 Å². The summed E-state index contributed by atoms with van der Waals surface area (Å²) in [5.41, 5.74) is 2.92. The number of thiazole rings is 1. The number of rotatable bonds is 3. The first-order valence-electron chi connectivity index (χ1n) is 6.65. The zero-order chi connectivity index (χ0) is 12.1. The Labute approximate surface area is 108 Å². The van der Waals surface area contributed by atoms with Crippen LogP contribution >= 0.6 is 11.3 Å². The molecule has 0 aromatic carbocycles. The summed E-state index contributed by atoms with van der Waals surface area (Å²) >= 11 is 1.75. The van der Waals surface area contributed by atoms with E-state index in [0.29, 0.717) is 16.9 Å². The Bertz CT molecular complexity index is 398. The van der Waals surface area contributed by atoms with Crippen LogP contribution in [-0.2, 0) is 6.54 Å². The standard InChI is InChI=1S/C14H22N2S/c1-13(2)10-4-5-14(13,3)12(6-10)16-8-11-7-15-9-17-11/h7,9-10,12,16H,4-6,8H2,1-3H3. The van der Waals surface area contributed by atoms with Crippen LogP contribution in [0.4, 0.5) is 0 Å². The fraction of sp³-hybridized carbons (Fsp3) is 0.786. The summed E-state index contributed by atoms with van der Waals surface area (Å²) in [5.74, 6) is 0.923. The molecule has 94 valence electrons. The molecule has 1 aromatic heterocycles. The van der Waals surface area contributed by atoms with Crippen molar-refractivity contribution in [1.29, 1.82) is 0 Å². The lowest BCUT2D eigenvalue weighted by Crippen LogP contribution is -2.44. The van der Waals surface area contributed by atoms with Crippen LogP contribution < -0.4 is 5.32 Å². The van der Waals surface area contributed by atoms with E-state index in [9.17, 15) is 0 Å². The molecular formula is C14H22N2S. The van der Waals surface area contributed by atoms with Gasteiger partial charge in [-0.1, -0.05) is 20.8 Å². The smallest absolute Gasteiger partial charge is 0.0794 e. The van der Waals surface area contributed by atoms with E-state index >= 15 is 0 Å². The highest BCUT2D eigenvalue weighted by atomic mass is 32.1. The second-order valence-corrected chi connectivity index (χ2v) is 7.48. The van der Waals surface area contributed by atoms with Gasteiger partial charge in [-0.2, -0.15) is 0 Å². The van der Waals surface area contributed by atoms with Crippen LogP contribution in [0.5, 0.6) is 0 Å². The van der Waals surface area contributed by atoms with E-state index in [1.54, 1.807) is 11.3 Å². The second kappa shape index (κ2) is 3.79. The second-order valence-electron chi connectivity index (χ2n) is 6.51. The Morgan fingerprint density at radius 1 is 1.47 bits per heavy atom. The van der Waals surface area contributed by atoms with Crippen molar-refractivity contribution in [2.45, 2.75) is 52.6 Å². The van der Waals surface area contributed by atoms with Gasteiger partial charge >= 0.3 is 0 Å². The zero-order valence-electron chi connectivity index (χ0n) is 11.0. The summed E-state index contributed by atoms with van der Waals surface area (Å²) in [6.07, 6.45) is 6.17. The minimum absolute atomic E-state index is 0.488. The predicted octanol–water partition coefficient (Wildman–Crippen LogP) is 3.45. The van der Waals surface area contributed by atoms with Crippen LogP contribution in [0.15, 0.2) is 11.7 Å². The van der Waals surface area contributed by atoms with E-state index in [0.717, 1.165) is 12.5 Å². The van der Waals surface area contributed by atoms with E-state index < -0.39 is 0 Å². The maximum absolute atomic E-state index is 4.14. The molecule has 0 amide bonds. The monoisotopic (exact) mass is 250 g/mol. The molecule has 3 unspecified atom stereocenters. The maximum atomic E-state index is 4.14. The minimum atomic E-state index is 0.488. The van der Waals surface area contributed by atoms with Crippen molar-refractivity contribution in [3.8, 4) is 0 Å². The predicted molar refractivity (Wildman–Crippen MR) is 72.0 cm³/mol. The molecule has 0 saturated heterocycles. The molecule has 1 heterocycles. The normalized spacial score (nSPS) is 38.8. The number of hydrogen-bond acceptors (Lipinski definition) is 3. The lowest BCUT2D eigenvalue weighted by atomic mass is 9.69. The number of aromatic nitrogens is 1. The van der Waals surface area contributed by atoms with Gasteiger partial charge < -0.3 is 5.32 Å². The molecule has 1 N–H and O–H groups in total. The fourth-order valence-corrected chi connectivity index (χ4v) is 4.61. The Kier molecular flexibility index (Phi) is 2.60. The Morgan fingerprint density at radius 2 is 2.29 bits per heavy atom. The number of nitrogens with one attached hydrogen (secondary N) is 1. The molecule has 0 spiro atoms. The minimum Gasteiger partial charge on any atom is -0.308 e. The van der Waals surface area contributed by atoms with Gasteiger partial charge in [0.2, 0.25) is 0 Å². The molecule has 3 atom stereocenters. The molecule has 2 saturated carbocycles. The summed E-state index contributed by atoms with van der Waals surface area (Å²) < 4.78 is 0. The molecule has 2 bridgehead atoms. The van der Waals surface area contributed by atoms with Crippen LogP contribution in [0, 0.1) is 16.7 Å². The molecule has 1 aromatic rings. The maximum Gasteiger partial charge on any atom is 0.0794 e. The summed E-state index contributed by atoms with van der Waals surface area (Å²) in [6, 6.07) is 0.693. The molecular weight excluding hydrogens is 228 g/mol. The van der Waals surface area contributed by atoms with Crippen LogP contribution in [0.25, 0.3) is 0 Å². The molecule has 2 nitrogen and oxygen atoms in total. The van der Waals surface area contributed by atoms with Crippen LogP contribution in [0.2, 0.25) is 0 Å². The van der Waals surface area contributed by atoms with E-state index in [-0.39, 0.29) is 0 Å². The van der Waals surface area contributed by atoms with E-state index in [4.69, 9.17) is 0 Å². The van der Waals surface area contributed by atoms with Crippen LogP contribution in [0.1, 0.15) is 44.9 Å². The van der Waals surface area contributed by atoms with Crippen molar-refractivity contribution in [2.75, 3.05) is 0 Å². The summed E-state index contributed by atoms with van der Waals surface area (Å²) in [6.45, 7) is 8.43. The van der Waals surface area contributed by atoms with E-state index in [1.165, 1.54) is 24.1 Å². The summed E-state index contributed by atoms with van der Waals surface area (Å²) in [7, 11) is 0. The molecule has 2 aliphatic carbocycles. The first-order chi connectivity index (χ1) is 8.04. The molecule has 17 heavy (non-hydrogen) atoms. The van der Waals surface area contributed by atoms with Gasteiger partial charge in [0.05, 0.1) is 5.51 Å². The van der Waals surface area contributed by atoms with Crippen LogP contribution in [0.3, 0.4) is 0 Å². The zero-order valence-corrected chi connectivity index (χ0v) is 11.8. The van der Waals surface area contributed by atoms with Gasteiger partial charge in [0.25, 0.3) is 0 Å². The number of fused-ring (bicyclic) bond motifs is 2. The highest BCUT2D eigenvalue weighted by molar-refractivity contribution is 7.09. The van der Waals surface area contributed by atoms with Crippen LogP contribution in [-0.4, -0.2) is 11.0 Å². The lowest BCUT2D eigenvalue weighted by Gasteiger charge is -2.39. The van der Waals surface area contributed by atoms with Gasteiger partial charge in [0, 0.05) is 23.7 Å². The lowest BCUT2D eigenvalue weighted by molar-refractivity contribution is 0.120. The molecule has 0 radical (unpaired) electrons. The van der Waals surface area contributed by atoms with Gasteiger partial charge in [0.15, 0.2) is 0 Å². The van der Waals surface area contributed by atoms with Gasteiger partial charge in [-0.05, 0) is 36.0 Å². The number of hydrogen-bond donors (Lipinski definition) is 1. The largest absolute Gasteiger partial charge is 0.308 e. The number of nitrogens with zero attached hydrogens (tertiary/aromatic N) is 1. The molecule has 0 aliphatic heterocycles. The third kappa shape index (κ3) is 1.59. The Morgan fingerprint density at radius 3 is 2.82 bits per heavy atom. The molecule has 3 rings (SSSR count). The quantitative estimate of drug-likeness (QED) is 0.889. The SMILES string of the molecule is CC1(C)C2CCC1(C)C(NCc1cncs1)C2. The Balaban J connectivity index is 1.70. The van der Waals surface area contributed by atoms with Crippen molar-refractivity contribution in [3.63, 3.8) is 0 Å². The van der Waals surface area contributed by atoms with Gasteiger partial charge in [-0.3, -0.25) is 4.98 Å². The van der Waals surface area contributed by atoms with E-state index in [1.807, 2.05) is 11.7 Å².